The van der Waals surface area contributed by atoms with Crippen LogP contribution in [0, 0.1) is 19.7 Å². The molecule has 0 atom stereocenters. The molecule has 3 N–H and O–H groups in total. The summed E-state index contributed by atoms with van der Waals surface area (Å²) in [5, 5.41) is 3.16. The standard InChI is InChI=1S/C14H17FN4/c1-9-4-3-5-12(15)11(9)6-7-17-13-10(2)8-18-14(16)19-13/h3-5,8H,6-7H2,1-2H3,(H3,16,17,18,19). The van der Waals surface area contributed by atoms with E-state index >= 15 is 0 Å². The Kier molecular flexibility index (Phi) is 3.94. The summed E-state index contributed by atoms with van der Waals surface area (Å²) in [5.41, 5.74) is 8.14. The Labute approximate surface area is 111 Å². The summed E-state index contributed by atoms with van der Waals surface area (Å²) in [6, 6.07) is 5.11. The van der Waals surface area contributed by atoms with Crippen LogP contribution in [0.5, 0.6) is 0 Å². The number of benzene rings is 1. The van der Waals surface area contributed by atoms with E-state index < -0.39 is 0 Å². The summed E-state index contributed by atoms with van der Waals surface area (Å²) in [5.74, 6) is 0.761. The number of hydrogen-bond acceptors (Lipinski definition) is 4. The van der Waals surface area contributed by atoms with Crippen LogP contribution in [0.2, 0.25) is 0 Å². The number of halogens is 1. The molecule has 0 fully saturated rings. The van der Waals surface area contributed by atoms with E-state index in [1.807, 2.05) is 19.9 Å². The summed E-state index contributed by atoms with van der Waals surface area (Å²) in [7, 11) is 0. The number of aryl methyl sites for hydroxylation is 2. The predicted molar refractivity (Wildman–Crippen MR) is 74.5 cm³/mol. The predicted octanol–water partition coefficient (Wildman–Crippen LogP) is 2.47. The van der Waals surface area contributed by atoms with Crippen molar-refractivity contribution in [2.45, 2.75) is 20.3 Å². The van der Waals surface area contributed by atoms with E-state index in [0.717, 1.165) is 16.7 Å². The Morgan fingerprint density at radius 2 is 2.05 bits per heavy atom. The first-order valence-corrected chi connectivity index (χ1v) is 6.15. The lowest BCUT2D eigenvalue weighted by molar-refractivity contribution is 0.608. The van der Waals surface area contributed by atoms with Crippen molar-refractivity contribution in [3.63, 3.8) is 0 Å². The van der Waals surface area contributed by atoms with Gasteiger partial charge in [-0.1, -0.05) is 12.1 Å². The molecular formula is C14H17FN4. The second-order valence-electron chi connectivity index (χ2n) is 4.47. The van der Waals surface area contributed by atoms with Crippen LogP contribution in [0.3, 0.4) is 0 Å². The normalized spacial score (nSPS) is 10.5. The number of aromatic nitrogens is 2. The number of nitrogens with two attached hydrogens (primary N) is 1. The van der Waals surface area contributed by atoms with Crippen molar-refractivity contribution >= 4 is 11.8 Å². The molecule has 4 nitrogen and oxygen atoms in total. The minimum Gasteiger partial charge on any atom is -0.369 e. The van der Waals surface area contributed by atoms with Crippen LogP contribution >= 0.6 is 0 Å². The Morgan fingerprint density at radius 1 is 1.26 bits per heavy atom. The first-order valence-electron chi connectivity index (χ1n) is 6.15. The molecule has 0 bridgehead atoms. The fraction of sp³-hybridized carbons (Fsp3) is 0.286. The molecular weight excluding hydrogens is 243 g/mol. The zero-order valence-corrected chi connectivity index (χ0v) is 11.1. The minimum atomic E-state index is -0.166. The van der Waals surface area contributed by atoms with Gasteiger partial charge in [-0.05, 0) is 37.5 Å². The van der Waals surface area contributed by atoms with Crippen LogP contribution in [-0.2, 0) is 6.42 Å². The molecule has 1 aromatic heterocycles. The van der Waals surface area contributed by atoms with E-state index in [4.69, 9.17) is 5.73 Å². The van der Waals surface area contributed by atoms with Crippen LogP contribution < -0.4 is 11.1 Å². The average Bonchev–Trinajstić information content (AvgIpc) is 2.37. The highest BCUT2D eigenvalue weighted by molar-refractivity contribution is 5.45. The van der Waals surface area contributed by atoms with Crippen LogP contribution in [0.1, 0.15) is 16.7 Å². The van der Waals surface area contributed by atoms with Crippen LogP contribution in [-0.4, -0.2) is 16.5 Å². The first-order chi connectivity index (χ1) is 9.08. The first kappa shape index (κ1) is 13.3. The Morgan fingerprint density at radius 3 is 2.79 bits per heavy atom. The summed E-state index contributed by atoms with van der Waals surface area (Å²) in [6.07, 6.45) is 2.26. The molecule has 0 radical (unpaired) electrons. The molecule has 0 aliphatic carbocycles. The van der Waals surface area contributed by atoms with E-state index in [2.05, 4.69) is 15.3 Å². The molecule has 5 heteroatoms. The van der Waals surface area contributed by atoms with Gasteiger partial charge in [0.05, 0.1) is 0 Å². The van der Waals surface area contributed by atoms with E-state index in [9.17, 15) is 4.39 Å². The number of nitrogen functional groups attached to an aromatic ring is 1. The van der Waals surface area contributed by atoms with Crippen molar-refractivity contribution in [3.8, 4) is 0 Å². The van der Waals surface area contributed by atoms with Gasteiger partial charge in [0.2, 0.25) is 5.95 Å². The number of anilines is 2. The minimum absolute atomic E-state index is 0.166. The van der Waals surface area contributed by atoms with Gasteiger partial charge in [0.15, 0.2) is 0 Å². The summed E-state index contributed by atoms with van der Waals surface area (Å²) >= 11 is 0. The molecule has 2 aromatic rings. The zero-order chi connectivity index (χ0) is 13.8. The fourth-order valence-corrected chi connectivity index (χ4v) is 1.92. The molecule has 100 valence electrons. The molecule has 19 heavy (non-hydrogen) atoms. The maximum absolute atomic E-state index is 13.6. The van der Waals surface area contributed by atoms with Gasteiger partial charge in [0.1, 0.15) is 11.6 Å². The maximum Gasteiger partial charge on any atom is 0.221 e. The quantitative estimate of drug-likeness (QED) is 0.886. The lowest BCUT2D eigenvalue weighted by Gasteiger charge is -2.10. The van der Waals surface area contributed by atoms with Gasteiger partial charge in [0, 0.05) is 18.3 Å². The highest BCUT2D eigenvalue weighted by Crippen LogP contribution is 2.15. The molecule has 0 aliphatic heterocycles. The monoisotopic (exact) mass is 260 g/mol. The number of nitrogens with one attached hydrogen (secondary N) is 1. The van der Waals surface area contributed by atoms with Gasteiger partial charge >= 0.3 is 0 Å². The highest BCUT2D eigenvalue weighted by Gasteiger charge is 2.06. The molecule has 1 heterocycles. The summed E-state index contributed by atoms with van der Waals surface area (Å²) in [4.78, 5) is 8.01. The van der Waals surface area contributed by atoms with Gasteiger partial charge in [-0.25, -0.2) is 9.37 Å². The molecule has 0 saturated heterocycles. The van der Waals surface area contributed by atoms with Crippen LogP contribution in [0.15, 0.2) is 24.4 Å². The van der Waals surface area contributed by atoms with Crippen molar-refractivity contribution < 1.29 is 4.39 Å². The van der Waals surface area contributed by atoms with E-state index in [1.165, 1.54) is 6.07 Å². The van der Waals surface area contributed by atoms with E-state index in [1.54, 1.807) is 12.3 Å². The third-order valence-electron chi connectivity index (χ3n) is 3.01. The third kappa shape index (κ3) is 3.19. The van der Waals surface area contributed by atoms with Crippen LogP contribution in [0.4, 0.5) is 16.2 Å². The average molecular weight is 260 g/mol. The molecule has 0 saturated carbocycles. The zero-order valence-electron chi connectivity index (χ0n) is 11.1. The molecule has 0 aliphatic rings. The van der Waals surface area contributed by atoms with Gasteiger partial charge in [-0.2, -0.15) is 4.98 Å². The molecule has 0 amide bonds. The van der Waals surface area contributed by atoms with Crippen molar-refractivity contribution in [2.75, 3.05) is 17.6 Å². The van der Waals surface area contributed by atoms with E-state index in [-0.39, 0.29) is 11.8 Å². The van der Waals surface area contributed by atoms with Gasteiger partial charge in [0.25, 0.3) is 0 Å². The highest BCUT2D eigenvalue weighted by atomic mass is 19.1. The van der Waals surface area contributed by atoms with Crippen molar-refractivity contribution in [2.24, 2.45) is 0 Å². The molecule has 1 aromatic carbocycles. The topological polar surface area (TPSA) is 63.8 Å². The van der Waals surface area contributed by atoms with Gasteiger partial charge in [-0.15, -0.1) is 0 Å². The van der Waals surface area contributed by atoms with Gasteiger partial charge < -0.3 is 11.1 Å². The second kappa shape index (κ2) is 5.65. The SMILES string of the molecule is Cc1cnc(N)nc1NCCc1c(C)cccc1F. The Balaban J connectivity index is 2.02. The summed E-state index contributed by atoms with van der Waals surface area (Å²) in [6.45, 7) is 4.40. The number of hydrogen-bond donors (Lipinski definition) is 2. The number of nitrogens with zero attached hydrogens (tertiary/aromatic N) is 2. The van der Waals surface area contributed by atoms with Crippen LogP contribution in [0.25, 0.3) is 0 Å². The van der Waals surface area contributed by atoms with Gasteiger partial charge in [-0.3, -0.25) is 0 Å². The Hall–Kier alpha value is -2.17. The third-order valence-corrected chi connectivity index (χ3v) is 3.01. The summed E-state index contributed by atoms with van der Waals surface area (Å²) < 4.78 is 13.6. The molecule has 0 spiro atoms. The van der Waals surface area contributed by atoms with Crippen molar-refractivity contribution in [1.82, 2.24) is 9.97 Å². The second-order valence-corrected chi connectivity index (χ2v) is 4.47. The van der Waals surface area contributed by atoms with E-state index in [0.29, 0.717) is 18.8 Å². The number of rotatable bonds is 4. The smallest absolute Gasteiger partial charge is 0.221 e. The molecule has 0 unspecified atom stereocenters. The largest absolute Gasteiger partial charge is 0.369 e. The lowest BCUT2D eigenvalue weighted by Crippen LogP contribution is -2.11. The molecule has 2 rings (SSSR count). The van der Waals surface area contributed by atoms with Crippen molar-refractivity contribution in [1.29, 1.82) is 0 Å². The van der Waals surface area contributed by atoms with Crippen molar-refractivity contribution in [3.05, 3.63) is 46.9 Å². The Bertz CT molecular complexity index is 563. The maximum atomic E-state index is 13.6. The lowest BCUT2D eigenvalue weighted by atomic mass is 10.1. The fourth-order valence-electron chi connectivity index (χ4n) is 1.92.